The molecule has 10 nitrogen and oxygen atoms in total. The van der Waals surface area contributed by atoms with Crippen LogP contribution in [0, 0.1) is 0 Å². The van der Waals surface area contributed by atoms with E-state index >= 15 is 0 Å². The SMILES string of the molecule is C[C@@H]([C@H](C)N(C(N)=O)C(N)=O)N(C(N)=O)C(N)=O.Cl.Cl. The predicted octanol–water partition coefficient (Wildman–Crippen LogP) is -0.474. The van der Waals surface area contributed by atoms with Gasteiger partial charge in [-0.05, 0) is 13.8 Å². The number of hydrogen-bond acceptors (Lipinski definition) is 4. The average Bonchev–Trinajstić information content (AvgIpc) is 2.14. The molecule has 0 saturated heterocycles. The maximum absolute atomic E-state index is 11.0. The summed E-state index contributed by atoms with van der Waals surface area (Å²) in [5.41, 5.74) is 19.9. The summed E-state index contributed by atoms with van der Waals surface area (Å²) in [6.45, 7) is 2.72. The third kappa shape index (κ3) is 5.36. The van der Waals surface area contributed by atoms with E-state index in [1.165, 1.54) is 13.8 Å². The molecule has 8 N–H and O–H groups in total. The monoisotopic (exact) mass is 332 g/mol. The van der Waals surface area contributed by atoms with Crippen LogP contribution in [0.2, 0.25) is 0 Å². The summed E-state index contributed by atoms with van der Waals surface area (Å²) in [7, 11) is 0. The Morgan fingerprint density at radius 2 is 0.800 bits per heavy atom. The van der Waals surface area contributed by atoms with E-state index in [9.17, 15) is 19.2 Å². The van der Waals surface area contributed by atoms with Crippen molar-refractivity contribution in [1.29, 1.82) is 0 Å². The molecule has 0 aromatic heterocycles. The number of amides is 8. The van der Waals surface area contributed by atoms with Gasteiger partial charge in [-0.3, -0.25) is 0 Å². The van der Waals surface area contributed by atoms with Crippen molar-refractivity contribution in [3.8, 4) is 0 Å². The number of hydrogen-bond donors (Lipinski definition) is 4. The quantitative estimate of drug-likeness (QED) is 0.545. The zero-order chi connectivity index (χ0) is 14.6. The Balaban J connectivity index is -0.00000144. The molecule has 12 heteroatoms. The lowest BCUT2D eigenvalue weighted by Gasteiger charge is -2.33. The molecule has 0 fully saturated rings. The topological polar surface area (TPSA) is 179 Å². The normalized spacial score (nSPS) is 11.9. The molecule has 0 rings (SSSR count). The standard InChI is InChI=1S/C8H16N6O4.2ClH/c1-3(13(5(9)15)6(10)16)4(2)14(7(11)17)8(12)18;;/h3-4H,1-2H3,(H2,9,15)(H2,10,16)(H2,11,17)(H2,12,18);2*1H/t3-,4-;;/m0../s1. The number of carbonyl (C=O) groups is 4. The molecule has 0 radical (unpaired) electrons. The number of nitrogens with two attached hydrogens (primary N) is 4. The van der Waals surface area contributed by atoms with Crippen LogP contribution in [0.5, 0.6) is 0 Å². The molecule has 0 aliphatic carbocycles. The van der Waals surface area contributed by atoms with Crippen molar-refractivity contribution in [3.63, 3.8) is 0 Å². The number of halogens is 2. The van der Waals surface area contributed by atoms with Crippen molar-refractivity contribution in [2.24, 2.45) is 22.9 Å². The Morgan fingerprint density at radius 3 is 0.900 bits per heavy atom. The Hall–Kier alpha value is -1.94. The van der Waals surface area contributed by atoms with Gasteiger partial charge in [-0.25, -0.2) is 29.0 Å². The molecule has 0 spiro atoms. The summed E-state index contributed by atoms with van der Waals surface area (Å²) in [6.07, 6.45) is 0. The van der Waals surface area contributed by atoms with Crippen LogP contribution in [0.3, 0.4) is 0 Å². The van der Waals surface area contributed by atoms with Crippen LogP contribution in [0.25, 0.3) is 0 Å². The highest BCUT2D eigenvalue weighted by atomic mass is 35.5. The summed E-state index contributed by atoms with van der Waals surface area (Å²) >= 11 is 0. The first-order chi connectivity index (χ1) is 8.11. The first-order valence-corrected chi connectivity index (χ1v) is 4.87. The Morgan fingerprint density at radius 1 is 0.650 bits per heavy atom. The van der Waals surface area contributed by atoms with E-state index < -0.39 is 36.2 Å². The maximum Gasteiger partial charge on any atom is 0.323 e. The van der Waals surface area contributed by atoms with Crippen molar-refractivity contribution in [2.45, 2.75) is 25.9 Å². The molecule has 0 unspecified atom stereocenters. The Kier molecular flexibility index (Phi) is 10.5. The van der Waals surface area contributed by atoms with Crippen molar-refractivity contribution >= 4 is 48.9 Å². The summed E-state index contributed by atoms with van der Waals surface area (Å²) in [4.78, 5) is 45.2. The molecule has 0 bridgehead atoms. The van der Waals surface area contributed by atoms with Gasteiger partial charge in [0.2, 0.25) is 0 Å². The van der Waals surface area contributed by atoms with E-state index in [2.05, 4.69) is 0 Å². The molecule has 0 saturated carbocycles. The number of rotatable bonds is 3. The van der Waals surface area contributed by atoms with Crippen LogP contribution in [0.4, 0.5) is 19.2 Å². The molecule has 8 amide bonds. The van der Waals surface area contributed by atoms with Crippen LogP contribution in [0.1, 0.15) is 13.8 Å². The number of urea groups is 4. The fourth-order valence-corrected chi connectivity index (χ4v) is 1.45. The van der Waals surface area contributed by atoms with Crippen LogP contribution >= 0.6 is 24.8 Å². The van der Waals surface area contributed by atoms with E-state index in [1.54, 1.807) is 0 Å². The van der Waals surface area contributed by atoms with Gasteiger partial charge in [-0.2, -0.15) is 0 Å². The molecular weight excluding hydrogens is 315 g/mol. The molecule has 2 atom stereocenters. The highest BCUT2D eigenvalue weighted by Gasteiger charge is 2.34. The molecule has 0 aliphatic rings. The summed E-state index contributed by atoms with van der Waals surface area (Å²) in [5.74, 6) is 0. The fourth-order valence-electron chi connectivity index (χ4n) is 1.45. The van der Waals surface area contributed by atoms with Gasteiger partial charge in [0.05, 0.1) is 12.1 Å². The third-order valence-electron chi connectivity index (χ3n) is 2.46. The van der Waals surface area contributed by atoms with Crippen molar-refractivity contribution in [1.82, 2.24) is 9.80 Å². The Labute approximate surface area is 127 Å². The molecule has 20 heavy (non-hydrogen) atoms. The molecule has 118 valence electrons. The van der Waals surface area contributed by atoms with Crippen LogP contribution < -0.4 is 22.9 Å². The van der Waals surface area contributed by atoms with Gasteiger partial charge in [-0.15, -0.1) is 24.8 Å². The number of imide groups is 2. The summed E-state index contributed by atoms with van der Waals surface area (Å²) < 4.78 is 0. The molecule has 0 aromatic rings. The minimum absolute atomic E-state index is 0. The second-order valence-electron chi connectivity index (χ2n) is 3.57. The largest absolute Gasteiger partial charge is 0.351 e. The maximum atomic E-state index is 11.0. The first kappa shape index (κ1) is 23.2. The second-order valence-corrected chi connectivity index (χ2v) is 3.57. The molecule has 0 aromatic carbocycles. The van der Waals surface area contributed by atoms with Crippen molar-refractivity contribution < 1.29 is 19.2 Å². The first-order valence-electron chi connectivity index (χ1n) is 4.87. The highest BCUT2D eigenvalue weighted by molar-refractivity contribution is 5.94. The Bertz CT molecular complexity index is 329. The minimum atomic E-state index is -1.12. The third-order valence-corrected chi connectivity index (χ3v) is 2.46. The van der Waals surface area contributed by atoms with E-state index in [4.69, 9.17) is 22.9 Å². The van der Waals surface area contributed by atoms with E-state index in [0.29, 0.717) is 9.80 Å². The lowest BCUT2D eigenvalue weighted by molar-refractivity contribution is 0.141. The molecule has 0 heterocycles. The lowest BCUT2D eigenvalue weighted by atomic mass is 10.1. The molecular formula is C8H18Cl2N6O4. The van der Waals surface area contributed by atoms with Crippen molar-refractivity contribution in [3.05, 3.63) is 0 Å². The second kappa shape index (κ2) is 9.04. The summed E-state index contributed by atoms with van der Waals surface area (Å²) in [5, 5.41) is 0. The van der Waals surface area contributed by atoms with Gasteiger partial charge >= 0.3 is 24.1 Å². The zero-order valence-electron chi connectivity index (χ0n) is 10.8. The number of primary amides is 4. The van der Waals surface area contributed by atoms with Crippen molar-refractivity contribution in [2.75, 3.05) is 0 Å². The lowest BCUT2D eigenvalue weighted by Crippen LogP contribution is -2.60. The number of nitrogens with zero attached hydrogens (tertiary/aromatic N) is 2. The zero-order valence-corrected chi connectivity index (χ0v) is 12.4. The van der Waals surface area contributed by atoms with Gasteiger partial charge in [-0.1, -0.05) is 0 Å². The van der Waals surface area contributed by atoms with Gasteiger partial charge in [0.25, 0.3) is 0 Å². The van der Waals surface area contributed by atoms with Crippen LogP contribution in [-0.4, -0.2) is 46.0 Å². The van der Waals surface area contributed by atoms with Gasteiger partial charge in [0.1, 0.15) is 0 Å². The number of carbonyl (C=O) groups excluding carboxylic acids is 4. The summed E-state index contributed by atoms with van der Waals surface area (Å²) in [6, 6.07) is -6.40. The van der Waals surface area contributed by atoms with E-state index in [-0.39, 0.29) is 24.8 Å². The van der Waals surface area contributed by atoms with Gasteiger partial charge < -0.3 is 22.9 Å². The van der Waals surface area contributed by atoms with E-state index in [1.807, 2.05) is 0 Å². The van der Waals surface area contributed by atoms with Crippen LogP contribution in [-0.2, 0) is 0 Å². The highest BCUT2D eigenvalue weighted by Crippen LogP contribution is 2.11. The molecule has 0 aliphatic heterocycles. The smallest absolute Gasteiger partial charge is 0.323 e. The van der Waals surface area contributed by atoms with E-state index in [0.717, 1.165) is 0 Å². The predicted molar refractivity (Wildman–Crippen MR) is 75.4 cm³/mol. The van der Waals surface area contributed by atoms with Gasteiger partial charge in [0, 0.05) is 0 Å². The fraction of sp³-hybridized carbons (Fsp3) is 0.500. The van der Waals surface area contributed by atoms with Gasteiger partial charge in [0.15, 0.2) is 0 Å². The minimum Gasteiger partial charge on any atom is -0.351 e. The van der Waals surface area contributed by atoms with Crippen LogP contribution in [0.15, 0.2) is 0 Å². The average molecular weight is 333 g/mol.